The van der Waals surface area contributed by atoms with Gasteiger partial charge in [0.1, 0.15) is 6.10 Å². The predicted octanol–water partition coefficient (Wildman–Crippen LogP) is 2.60. The average Bonchev–Trinajstić information content (AvgIpc) is 2.10. The summed E-state index contributed by atoms with van der Waals surface area (Å²) in [6.45, 7) is 7.24. The second-order valence-electron chi connectivity index (χ2n) is 2.83. The number of hydrogen-bond acceptors (Lipinski definition) is 2. The third-order valence-electron chi connectivity index (χ3n) is 1.79. The molecule has 0 heterocycles. The lowest BCUT2D eigenvalue weighted by Crippen LogP contribution is -2.11. The maximum Gasteiger partial charge on any atom is 0.417 e. The van der Waals surface area contributed by atoms with E-state index in [-0.39, 0.29) is 6.10 Å². The van der Waals surface area contributed by atoms with Gasteiger partial charge in [0.25, 0.3) is 0 Å². The van der Waals surface area contributed by atoms with Crippen LogP contribution in [0.3, 0.4) is 0 Å². The third kappa shape index (κ3) is 5.96. The minimum absolute atomic E-state index is 0.0421. The first-order valence-electron chi connectivity index (χ1n) is 4.48. The topological polar surface area (TPSA) is 26.3 Å². The lowest BCUT2D eigenvalue weighted by Gasteiger charge is -2.12. The molecule has 0 fully saturated rings. The molecule has 0 aliphatic rings. The zero-order valence-electron chi connectivity index (χ0n) is 7.71. The predicted molar refractivity (Wildman–Crippen MR) is 49.5 cm³/mol. The second kappa shape index (κ2) is 8.31. The van der Waals surface area contributed by atoms with Gasteiger partial charge in [0, 0.05) is 0 Å². The maximum absolute atomic E-state index is 9.97. The quantitative estimate of drug-likeness (QED) is 0.522. The summed E-state index contributed by atoms with van der Waals surface area (Å²) in [7, 11) is 0. The van der Waals surface area contributed by atoms with E-state index in [1.807, 2.05) is 6.08 Å². The monoisotopic (exact) mass is 169 g/mol. The van der Waals surface area contributed by atoms with E-state index in [4.69, 9.17) is 4.74 Å². The maximum atomic E-state index is 9.97. The van der Waals surface area contributed by atoms with Gasteiger partial charge in [-0.1, -0.05) is 25.8 Å². The zero-order valence-corrected chi connectivity index (χ0v) is 7.71. The van der Waals surface area contributed by atoms with Crippen LogP contribution in [0.5, 0.6) is 0 Å². The van der Waals surface area contributed by atoms with Crippen molar-refractivity contribution in [3.05, 3.63) is 12.7 Å². The van der Waals surface area contributed by atoms with Crippen molar-refractivity contribution in [3.63, 3.8) is 0 Å². The first kappa shape index (κ1) is 11.2. The molecule has 0 bridgehead atoms. The summed E-state index contributed by atoms with van der Waals surface area (Å²) in [6.07, 6.45) is 6.83. The molecule has 0 rings (SSSR count). The molecule has 0 saturated carbocycles. The molecule has 0 aromatic heterocycles. The lowest BCUT2D eigenvalue weighted by molar-refractivity contribution is 0.156. The summed E-state index contributed by atoms with van der Waals surface area (Å²) in [6, 6.07) is 0. The van der Waals surface area contributed by atoms with Crippen LogP contribution in [-0.4, -0.2) is 12.6 Å². The summed E-state index contributed by atoms with van der Waals surface area (Å²) in [5.41, 5.74) is 0. The molecule has 2 nitrogen and oxygen atoms in total. The summed E-state index contributed by atoms with van der Waals surface area (Å²) in [4.78, 5) is 9.97. The number of hydrogen-bond donors (Lipinski definition) is 0. The molecule has 0 aromatic carbocycles. The van der Waals surface area contributed by atoms with E-state index in [1.165, 1.54) is 6.47 Å². The van der Waals surface area contributed by atoms with Crippen molar-refractivity contribution in [2.24, 2.45) is 0 Å². The molecule has 1 unspecified atom stereocenters. The van der Waals surface area contributed by atoms with Gasteiger partial charge < -0.3 is 4.74 Å². The van der Waals surface area contributed by atoms with Crippen LogP contribution in [0.15, 0.2) is 12.7 Å². The van der Waals surface area contributed by atoms with Crippen molar-refractivity contribution in [2.75, 3.05) is 0 Å². The number of carbonyl (C=O) groups excluding carboxylic acids is 1. The van der Waals surface area contributed by atoms with E-state index < -0.39 is 0 Å². The number of rotatable bonds is 8. The van der Waals surface area contributed by atoms with Crippen LogP contribution < -0.4 is 0 Å². The van der Waals surface area contributed by atoms with Crippen LogP contribution in [0.1, 0.15) is 39.0 Å². The van der Waals surface area contributed by atoms with Crippen LogP contribution >= 0.6 is 0 Å². The highest BCUT2D eigenvalue weighted by molar-refractivity contribution is 5.38. The van der Waals surface area contributed by atoms with Crippen LogP contribution in [0, 0.1) is 0 Å². The highest BCUT2D eigenvalue weighted by Crippen LogP contribution is 2.10. The summed E-state index contributed by atoms with van der Waals surface area (Å²) in [5, 5.41) is 0. The Balaban J connectivity index is 3.52. The minimum atomic E-state index is 0.0421. The van der Waals surface area contributed by atoms with Gasteiger partial charge in [-0.25, -0.2) is 4.79 Å². The van der Waals surface area contributed by atoms with Gasteiger partial charge in [-0.15, -0.1) is 6.58 Å². The van der Waals surface area contributed by atoms with Gasteiger partial charge in [0.05, 0.1) is 0 Å². The third-order valence-corrected chi connectivity index (χ3v) is 1.79. The Hall–Kier alpha value is -0.790. The van der Waals surface area contributed by atoms with Crippen LogP contribution in [-0.2, 0) is 9.53 Å². The fraction of sp³-hybridized carbons (Fsp3) is 0.700. The van der Waals surface area contributed by atoms with E-state index in [0.29, 0.717) is 0 Å². The van der Waals surface area contributed by atoms with Crippen molar-refractivity contribution in [1.29, 1.82) is 0 Å². The van der Waals surface area contributed by atoms with Crippen LogP contribution in [0.4, 0.5) is 0 Å². The standard InChI is InChI=1S/C10H17O2/c1-3-5-7-10(12-9-11)8-6-4-2/h3,10H,1,4-8H2,2H3. The first-order valence-corrected chi connectivity index (χ1v) is 4.48. The Bertz CT molecular complexity index is 121. The van der Waals surface area contributed by atoms with Crippen molar-refractivity contribution >= 4 is 6.47 Å². The Morgan fingerprint density at radius 2 is 2.33 bits per heavy atom. The summed E-state index contributed by atoms with van der Waals surface area (Å²) in [5.74, 6) is 0. The lowest BCUT2D eigenvalue weighted by atomic mass is 10.1. The van der Waals surface area contributed by atoms with Crippen molar-refractivity contribution in [2.45, 2.75) is 45.1 Å². The van der Waals surface area contributed by atoms with Crippen molar-refractivity contribution in [3.8, 4) is 0 Å². The molecule has 0 spiro atoms. The molecule has 0 aliphatic carbocycles. The average molecular weight is 169 g/mol. The van der Waals surface area contributed by atoms with E-state index in [0.717, 1.165) is 32.1 Å². The molecule has 12 heavy (non-hydrogen) atoms. The fourth-order valence-corrected chi connectivity index (χ4v) is 1.07. The molecule has 0 amide bonds. The van der Waals surface area contributed by atoms with Gasteiger partial charge in [-0.3, -0.25) is 0 Å². The Labute approximate surface area is 74.6 Å². The minimum Gasteiger partial charge on any atom is -0.454 e. The number of unbranched alkanes of at least 4 members (excludes halogenated alkanes) is 1. The Morgan fingerprint density at radius 3 is 2.83 bits per heavy atom. The number of allylic oxidation sites excluding steroid dienone is 1. The van der Waals surface area contributed by atoms with Gasteiger partial charge in [-0.2, -0.15) is 0 Å². The summed E-state index contributed by atoms with van der Waals surface area (Å²) >= 11 is 0. The second-order valence-corrected chi connectivity index (χ2v) is 2.83. The normalized spacial score (nSPS) is 12.1. The molecule has 0 aromatic rings. The first-order chi connectivity index (χ1) is 5.85. The summed E-state index contributed by atoms with van der Waals surface area (Å²) < 4.78 is 4.79. The molecular formula is C10H17O2. The molecule has 0 saturated heterocycles. The Kier molecular flexibility index (Phi) is 7.76. The van der Waals surface area contributed by atoms with Gasteiger partial charge >= 0.3 is 6.47 Å². The van der Waals surface area contributed by atoms with Crippen molar-refractivity contribution < 1.29 is 9.53 Å². The zero-order chi connectivity index (χ0) is 9.23. The molecule has 2 heteroatoms. The van der Waals surface area contributed by atoms with Crippen molar-refractivity contribution in [1.82, 2.24) is 0 Å². The molecule has 69 valence electrons. The molecule has 0 aliphatic heterocycles. The van der Waals surface area contributed by atoms with Gasteiger partial charge in [-0.05, 0) is 19.3 Å². The molecule has 1 atom stereocenters. The number of ether oxygens (including phenoxy) is 1. The molecule has 1 radical (unpaired) electrons. The van der Waals surface area contributed by atoms with E-state index in [9.17, 15) is 4.79 Å². The largest absolute Gasteiger partial charge is 0.454 e. The van der Waals surface area contributed by atoms with Gasteiger partial charge in [0.2, 0.25) is 0 Å². The van der Waals surface area contributed by atoms with Crippen LogP contribution in [0.2, 0.25) is 0 Å². The highest BCUT2D eigenvalue weighted by atomic mass is 16.5. The van der Waals surface area contributed by atoms with E-state index >= 15 is 0 Å². The van der Waals surface area contributed by atoms with Gasteiger partial charge in [0.15, 0.2) is 0 Å². The SMILES string of the molecule is C=CCCC(CCCC)O[C]=O. The van der Waals surface area contributed by atoms with E-state index in [2.05, 4.69) is 13.5 Å². The molecule has 0 N–H and O–H groups in total. The molecular weight excluding hydrogens is 152 g/mol. The fourth-order valence-electron chi connectivity index (χ4n) is 1.07. The van der Waals surface area contributed by atoms with E-state index in [1.54, 1.807) is 0 Å². The van der Waals surface area contributed by atoms with Crippen LogP contribution in [0.25, 0.3) is 0 Å². The highest BCUT2D eigenvalue weighted by Gasteiger charge is 2.07. The Morgan fingerprint density at radius 1 is 1.58 bits per heavy atom. The smallest absolute Gasteiger partial charge is 0.417 e.